The fraction of sp³-hybridized carbons (Fsp3) is 0.353. The molecule has 2 rings (SSSR count). The summed E-state index contributed by atoms with van der Waals surface area (Å²) < 4.78 is 0. The van der Waals surface area contributed by atoms with Gasteiger partial charge in [-0.15, -0.1) is 0 Å². The van der Waals surface area contributed by atoms with Gasteiger partial charge in [-0.2, -0.15) is 0 Å². The maximum absolute atomic E-state index is 9.80. The Labute approximate surface area is 120 Å². The molecule has 0 bridgehead atoms. The number of aromatic nitrogens is 1. The van der Waals surface area contributed by atoms with Crippen LogP contribution in [-0.4, -0.2) is 17.1 Å². The zero-order chi connectivity index (χ0) is 14.5. The minimum atomic E-state index is -0.368. The number of aliphatic hydroxyl groups is 1. The van der Waals surface area contributed by atoms with Crippen molar-refractivity contribution >= 4 is 5.69 Å². The summed E-state index contributed by atoms with van der Waals surface area (Å²) in [6.45, 7) is 4.76. The summed E-state index contributed by atoms with van der Waals surface area (Å²) in [5, 5.41) is 9.80. The van der Waals surface area contributed by atoms with E-state index < -0.39 is 0 Å². The number of hydrogen-bond donors (Lipinski definition) is 1. The molecule has 0 aliphatic heterocycles. The van der Waals surface area contributed by atoms with E-state index in [1.807, 2.05) is 56.3 Å². The van der Waals surface area contributed by atoms with Gasteiger partial charge in [0.25, 0.3) is 0 Å². The Hall–Kier alpha value is -1.87. The van der Waals surface area contributed by atoms with Crippen molar-refractivity contribution in [1.82, 2.24) is 4.98 Å². The molecule has 3 nitrogen and oxygen atoms in total. The van der Waals surface area contributed by atoms with Gasteiger partial charge in [-0.3, -0.25) is 4.98 Å². The quantitative estimate of drug-likeness (QED) is 0.903. The fourth-order valence-corrected chi connectivity index (χ4v) is 2.21. The molecule has 1 atom stereocenters. The van der Waals surface area contributed by atoms with Crippen LogP contribution in [0.2, 0.25) is 0 Å². The van der Waals surface area contributed by atoms with Crippen molar-refractivity contribution in [3.63, 3.8) is 0 Å². The molecule has 0 saturated carbocycles. The van der Waals surface area contributed by atoms with Crippen molar-refractivity contribution in [3.05, 3.63) is 59.4 Å². The first-order chi connectivity index (χ1) is 9.60. The molecule has 1 aromatic carbocycles. The number of pyridine rings is 1. The zero-order valence-electron chi connectivity index (χ0n) is 12.4. The van der Waals surface area contributed by atoms with Crippen molar-refractivity contribution in [1.29, 1.82) is 0 Å². The summed E-state index contributed by atoms with van der Waals surface area (Å²) in [4.78, 5) is 6.67. The van der Waals surface area contributed by atoms with Crippen molar-refractivity contribution in [2.24, 2.45) is 0 Å². The Morgan fingerprint density at radius 1 is 1.15 bits per heavy atom. The van der Waals surface area contributed by atoms with Crippen LogP contribution in [0.4, 0.5) is 5.69 Å². The number of anilines is 1. The van der Waals surface area contributed by atoms with Crippen LogP contribution in [0, 0.1) is 6.92 Å². The lowest BCUT2D eigenvalue weighted by atomic mass is 10.1. The van der Waals surface area contributed by atoms with Crippen LogP contribution in [0.3, 0.4) is 0 Å². The van der Waals surface area contributed by atoms with Gasteiger partial charge in [0, 0.05) is 18.4 Å². The standard InChI is InChI=1S/C17H22N2O/c1-4-17(20)14-8-10-16(11-9-14)19(3)12-15-7-5-6-13(2)18-15/h5-11,17,20H,4,12H2,1-3H3. The number of aliphatic hydroxyl groups excluding tert-OH is 1. The Morgan fingerprint density at radius 2 is 1.85 bits per heavy atom. The highest BCUT2D eigenvalue weighted by atomic mass is 16.3. The summed E-state index contributed by atoms with van der Waals surface area (Å²) in [6, 6.07) is 14.1. The van der Waals surface area contributed by atoms with Gasteiger partial charge in [0.05, 0.1) is 18.3 Å². The third kappa shape index (κ3) is 3.58. The maximum Gasteiger partial charge on any atom is 0.0787 e. The minimum absolute atomic E-state index is 0.368. The van der Waals surface area contributed by atoms with Gasteiger partial charge in [0.1, 0.15) is 0 Å². The summed E-state index contributed by atoms with van der Waals surface area (Å²) in [5.74, 6) is 0. The average molecular weight is 270 g/mol. The summed E-state index contributed by atoms with van der Waals surface area (Å²) >= 11 is 0. The van der Waals surface area contributed by atoms with Crippen LogP contribution in [0.15, 0.2) is 42.5 Å². The van der Waals surface area contributed by atoms with Crippen molar-refractivity contribution < 1.29 is 5.11 Å². The SMILES string of the molecule is CCC(O)c1ccc(N(C)Cc2cccc(C)n2)cc1. The van der Waals surface area contributed by atoms with Crippen LogP contribution in [0.1, 0.15) is 36.4 Å². The molecule has 20 heavy (non-hydrogen) atoms. The molecule has 3 heteroatoms. The topological polar surface area (TPSA) is 36.4 Å². The largest absolute Gasteiger partial charge is 0.388 e. The highest BCUT2D eigenvalue weighted by Gasteiger charge is 2.07. The van der Waals surface area contributed by atoms with E-state index in [2.05, 4.69) is 16.9 Å². The van der Waals surface area contributed by atoms with Crippen LogP contribution in [0.25, 0.3) is 0 Å². The first-order valence-electron chi connectivity index (χ1n) is 7.02. The van der Waals surface area contributed by atoms with E-state index >= 15 is 0 Å². The van der Waals surface area contributed by atoms with Crippen molar-refractivity contribution in [2.75, 3.05) is 11.9 Å². The molecule has 1 unspecified atom stereocenters. The van der Waals surface area contributed by atoms with Gasteiger partial charge in [0.2, 0.25) is 0 Å². The van der Waals surface area contributed by atoms with E-state index in [1.54, 1.807) is 0 Å². The highest BCUT2D eigenvalue weighted by molar-refractivity contribution is 5.47. The number of hydrogen-bond acceptors (Lipinski definition) is 3. The second kappa shape index (κ2) is 6.53. The smallest absolute Gasteiger partial charge is 0.0787 e. The lowest BCUT2D eigenvalue weighted by Crippen LogP contribution is -2.17. The van der Waals surface area contributed by atoms with Crippen LogP contribution >= 0.6 is 0 Å². The van der Waals surface area contributed by atoms with E-state index in [-0.39, 0.29) is 6.10 Å². The first kappa shape index (κ1) is 14.5. The molecule has 0 aliphatic carbocycles. The highest BCUT2D eigenvalue weighted by Crippen LogP contribution is 2.21. The van der Waals surface area contributed by atoms with E-state index in [0.717, 1.165) is 35.6 Å². The average Bonchev–Trinajstić information content (AvgIpc) is 2.46. The van der Waals surface area contributed by atoms with Gasteiger partial charge >= 0.3 is 0 Å². The minimum Gasteiger partial charge on any atom is -0.388 e. The van der Waals surface area contributed by atoms with Gasteiger partial charge in [-0.1, -0.05) is 25.1 Å². The van der Waals surface area contributed by atoms with Crippen molar-refractivity contribution in [2.45, 2.75) is 32.9 Å². The Kier molecular flexibility index (Phi) is 4.74. The lowest BCUT2D eigenvalue weighted by molar-refractivity contribution is 0.173. The Balaban J connectivity index is 2.07. The molecule has 0 radical (unpaired) electrons. The van der Waals surface area contributed by atoms with Gasteiger partial charge in [0.15, 0.2) is 0 Å². The molecule has 0 saturated heterocycles. The van der Waals surface area contributed by atoms with Crippen molar-refractivity contribution in [3.8, 4) is 0 Å². The second-order valence-electron chi connectivity index (χ2n) is 5.14. The van der Waals surface area contributed by atoms with Gasteiger partial charge in [-0.05, 0) is 43.2 Å². The molecule has 1 heterocycles. The zero-order valence-corrected chi connectivity index (χ0v) is 12.4. The van der Waals surface area contributed by atoms with E-state index in [0.29, 0.717) is 0 Å². The predicted octanol–water partition coefficient (Wildman–Crippen LogP) is 3.47. The molecular weight excluding hydrogens is 248 g/mol. The molecule has 0 spiro atoms. The van der Waals surface area contributed by atoms with Gasteiger partial charge in [-0.25, -0.2) is 0 Å². The lowest BCUT2D eigenvalue weighted by Gasteiger charge is -2.20. The summed E-state index contributed by atoms with van der Waals surface area (Å²) in [6.07, 6.45) is 0.371. The van der Waals surface area contributed by atoms with Gasteiger partial charge < -0.3 is 10.0 Å². The number of nitrogens with zero attached hydrogens (tertiary/aromatic N) is 2. The first-order valence-corrected chi connectivity index (χ1v) is 7.02. The van der Waals surface area contributed by atoms with E-state index in [4.69, 9.17) is 0 Å². The summed E-state index contributed by atoms with van der Waals surface area (Å²) in [7, 11) is 2.05. The van der Waals surface area contributed by atoms with E-state index in [1.165, 1.54) is 0 Å². The third-order valence-electron chi connectivity index (χ3n) is 3.45. The monoisotopic (exact) mass is 270 g/mol. The second-order valence-corrected chi connectivity index (χ2v) is 5.14. The number of rotatable bonds is 5. The summed E-state index contributed by atoms with van der Waals surface area (Å²) in [5.41, 5.74) is 4.20. The molecule has 0 amide bonds. The Bertz CT molecular complexity index is 551. The molecule has 1 aromatic heterocycles. The maximum atomic E-state index is 9.80. The normalized spacial score (nSPS) is 12.2. The Morgan fingerprint density at radius 3 is 2.45 bits per heavy atom. The van der Waals surface area contributed by atoms with E-state index in [9.17, 15) is 5.11 Å². The predicted molar refractivity (Wildman–Crippen MR) is 82.8 cm³/mol. The molecule has 0 aliphatic rings. The molecule has 1 N–H and O–H groups in total. The fourth-order valence-electron chi connectivity index (χ4n) is 2.21. The van der Waals surface area contributed by atoms with Crippen LogP contribution in [-0.2, 0) is 6.54 Å². The van der Waals surface area contributed by atoms with Crippen LogP contribution in [0.5, 0.6) is 0 Å². The molecule has 106 valence electrons. The molecule has 2 aromatic rings. The molecule has 0 fully saturated rings. The number of benzene rings is 1. The van der Waals surface area contributed by atoms with Crippen LogP contribution < -0.4 is 4.90 Å². The third-order valence-corrected chi connectivity index (χ3v) is 3.45. The molecular formula is C17H22N2O. The number of aryl methyl sites for hydroxylation is 1.